The molecule has 0 aliphatic carbocycles. The van der Waals surface area contributed by atoms with Gasteiger partial charge >= 0.3 is 0 Å². The summed E-state index contributed by atoms with van der Waals surface area (Å²) in [6.45, 7) is 0.416. The Balaban J connectivity index is 2.09. The topological polar surface area (TPSA) is 47.9 Å². The Morgan fingerprint density at radius 2 is 2.40 bits per heavy atom. The molecular formula is C11H14O4. The Morgan fingerprint density at radius 1 is 1.53 bits per heavy atom. The van der Waals surface area contributed by atoms with Crippen LogP contribution in [0.3, 0.4) is 0 Å². The third kappa shape index (κ3) is 2.28. The predicted molar refractivity (Wildman–Crippen MR) is 53.6 cm³/mol. The van der Waals surface area contributed by atoms with E-state index in [0.29, 0.717) is 6.61 Å². The second kappa shape index (κ2) is 4.61. The summed E-state index contributed by atoms with van der Waals surface area (Å²) in [5.74, 6) is 0.771. The van der Waals surface area contributed by atoms with Crippen LogP contribution in [-0.4, -0.2) is 31.5 Å². The predicted octanol–water partition coefficient (Wildman–Crippen LogP) is 1.10. The molecule has 0 saturated carbocycles. The van der Waals surface area contributed by atoms with Crippen molar-refractivity contribution in [3.8, 4) is 5.75 Å². The molecule has 0 spiro atoms. The van der Waals surface area contributed by atoms with Crippen molar-refractivity contribution in [3.05, 3.63) is 29.8 Å². The van der Waals surface area contributed by atoms with Gasteiger partial charge < -0.3 is 19.3 Å². The van der Waals surface area contributed by atoms with Crippen molar-refractivity contribution in [1.29, 1.82) is 0 Å². The van der Waals surface area contributed by atoms with Crippen LogP contribution in [0.1, 0.15) is 11.9 Å². The molecule has 1 aromatic carbocycles. The van der Waals surface area contributed by atoms with E-state index in [-0.39, 0.29) is 12.7 Å². The Hall–Kier alpha value is -1.10. The fourth-order valence-corrected chi connectivity index (χ4v) is 1.51. The van der Waals surface area contributed by atoms with E-state index in [1.807, 2.05) is 24.3 Å². The fourth-order valence-electron chi connectivity index (χ4n) is 1.51. The second-order valence-electron chi connectivity index (χ2n) is 3.38. The molecule has 1 heterocycles. The van der Waals surface area contributed by atoms with Crippen LogP contribution < -0.4 is 4.74 Å². The summed E-state index contributed by atoms with van der Waals surface area (Å²) in [7, 11) is 1.62. The summed E-state index contributed by atoms with van der Waals surface area (Å²) in [5.41, 5.74) is 0.908. The molecule has 4 heteroatoms. The van der Waals surface area contributed by atoms with Gasteiger partial charge in [0.2, 0.25) is 0 Å². The molecule has 82 valence electrons. The molecule has 1 N–H and O–H groups in total. The lowest BCUT2D eigenvalue weighted by Crippen LogP contribution is -2.14. The fraction of sp³-hybridized carbons (Fsp3) is 0.455. The monoisotopic (exact) mass is 210 g/mol. The van der Waals surface area contributed by atoms with Crippen LogP contribution in [0.2, 0.25) is 0 Å². The molecule has 0 aromatic heterocycles. The quantitative estimate of drug-likeness (QED) is 0.811. The van der Waals surface area contributed by atoms with E-state index in [1.54, 1.807) is 7.11 Å². The number of methoxy groups -OCH3 is 1. The van der Waals surface area contributed by atoms with Crippen LogP contribution in [-0.2, 0) is 9.47 Å². The van der Waals surface area contributed by atoms with E-state index in [0.717, 1.165) is 11.3 Å². The first kappa shape index (κ1) is 10.4. The summed E-state index contributed by atoms with van der Waals surface area (Å²) in [4.78, 5) is 0. The molecule has 1 aliphatic heterocycles. The number of hydrogen-bond acceptors (Lipinski definition) is 4. The smallest absolute Gasteiger partial charge is 0.184 e. The van der Waals surface area contributed by atoms with Gasteiger partial charge in [-0.1, -0.05) is 12.1 Å². The highest BCUT2D eigenvalue weighted by Crippen LogP contribution is 2.28. The summed E-state index contributed by atoms with van der Waals surface area (Å²) < 4.78 is 16.0. The zero-order chi connectivity index (χ0) is 10.7. The van der Waals surface area contributed by atoms with E-state index in [2.05, 4.69) is 0 Å². The maximum absolute atomic E-state index is 8.90. The maximum Gasteiger partial charge on any atom is 0.184 e. The van der Waals surface area contributed by atoms with Crippen LogP contribution in [0.5, 0.6) is 5.75 Å². The number of aliphatic hydroxyl groups excluding tert-OH is 1. The number of aliphatic hydroxyl groups is 1. The van der Waals surface area contributed by atoms with E-state index >= 15 is 0 Å². The first-order chi connectivity index (χ1) is 7.33. The molecule has 1 fully saturated rings. The maximum atomic E-state index is 8.90. The van der Waals surface area contributed by atoms with E-state index in [9.17, 15) is 0 Å². The molecule has 2 rings (SSSR count). The van der Waals surface area contributed by atoms with Gasteiger partial charge in [-0.15, -0.1) is 0 Å². The Labute approximate surface area is 88.4 Å². The lowest BCUT2D eigenvalue weighted by Gasteiger charge is -2.11. The minimum absolute atomic E-state index is 0.0134. The molecule has 1 aliphatic rings. The van der Waals surface area contributed by atoms with Crippen molar-refractivity contribution < 1.29 is 19.3 Å². The van der Waals surface area contributed by atoms with Gasteiger partial charge in [-0.2, -0.15) is 0 Å². The van der Waals surface area contributed by atoms with E-state index < -0.39 is 6.29 Å². The number of benzene rings is 1. The van der Waals surface area contributed by atoms with Gasteiger partial charge in [-0.3, -0.25) is 0 Å². The van der Waals surface area contributed by atoms with Crippen LogP contribution >= 0.6 is 0 Å². The van der Waals surface area contributed by atoms with Crippen molar-refractivity contribution in [2.24, 2.45) is 0 Å². The SMILES string of the molecule is COc1cccc(C2OCC(CO)O2)c1. The third-order valence-corrected chi connectivity index (χ3v) is 2.32. The van der Waals surface area contributed by atoms with Crippen LogP contribution in [0.4, 0.5) is 0 Å². The molecule has 15 heavy (non-hydrogen) atoms. The summed E-state index contributed by atoms with van der Waals surface area (Å²) in [5, 5.41) is 8.90. The summed E-state index contributed by atoms with van der Waals surface area (Å²) in [6.07, 6.45) is -0.613. The average Bonchev–Trinajstić information content (AvgIpc) is 2.78. The molecule has 0 bridgehead atoms. The van der Waals surface area contributed by atoms with Gasteiger partial charge in [0, 0.05) is 5.56 Å². The molecule has 1 saturated heterocycles. The first-order valence-electron chi connectivity index (χ1n) is 4.85. The van der Waals surface area contributed by atoms with E-state index in [4.69, 9.17) is 19.3 Å². The van der Waals surface area contributed by atoms with E-state index in [1.165, 1.54) is 0 Å². The van der Waals surface area contributed by atoms with Gasteiger partial charge in [0.1, 0.15) is 11.9 Å². The minimum Gasteiger partial charge on any atom is -0.497 e. The van der Waals surface area contributed by atoms with Crippen molar-refractivity contribution in [2.75, 3.05) is 20.3 Å². The lowest BCUT2D eigenvalue weighted by atomic mass is 10.2. The van der Waals surface area contributed by atoms with Crippen molar-refractivity contribution in [3.63, 3.8) is 0 Å². The highest BCUT2D eigenvalue weighted by molar-refractivity contribution is 5.29. The van der Waals surface area contributed by atoms with Gasteiger partial charge in [-0.05, 0) is 12.1 Å². The van der Waals surface area contributed by atoms with Crippen molar-refractivity contribution in [1.82, 2.24) is 0 Å². The Bertz CT molecular complexity index is 326. The highest BCUT2D eigenvalue weighted by Gasteiger charge is 2.26. The number of hydrogen-bond donors (Lipinski definition) is 1. The van der Waals surface area contributed by atoms with Crippen LogP contribution in [0.15, 0.2) is 24.3 Å². The Kier molecular flexibility index (Phi) is 3.20. The third-order valence-electron chi connectivity index (χ3n) is 2.32. The molecule has 1 aromatic rings. The normalized spacial score (nSPS) is 25.5. The molecule has 0 radical (unpaired) electrons. The van der Waals surface area contributed by atoms with Gasteiger partial charge in [0.25, 0.3) is 0 Å². The Morgan fingerprint density at radius 3 is 3.07 bits per heavy atom. The zero-order valence-electron chi connectivity index (χ0n) is 8.55. The molecule has 2 unspecified atom stereocenters. The molecule has 4 nitrogen and oxygen atoms in total. The number of ether oxygens (including phenoxy) is 3. The zero-order valence-corrected chi connectivity index (χ0v) is 8.55. The average molecular weight is 210 g/mol. The summed E-state index contributed by atoms with van der Waals surface area (Å²) >= 11 is 0. The van der Waals surface area contributed by atoms with Crippen molar-refractivity contribution in [2.45, 2.75) is 12.4 Å². The van der Waals surface area contributed by atoms with Gasteiger partial charge in [-0.25, -0.2) is 0 Å². The lowest BCUT2D eigenvalue weighted by molar-refractivity contribution is -0.0676. The van der Waals surface area contributed by atoms with Crippen molar-refractivity contribution >= 4 is 0 Å². The van der Waals surface area contributed by atoms with Gasteiger partial charge in [0.05, 0.1) is 20.3 Å². The molecule has 2 atom stereocenters. The first-order valence-corrected chi connectivity index (χ1v) is 4.85. The standard InChI is InChI=1S/C11H14O4/c1-13-9-4-2-3-8(5-9)11-14-7-10(6-12)15-11/h2-5,10-12H,6-7H2,1H3. The largest absolute Gasteiger partial charge is 0.497 e. The van der Waals surface area contributed by atoms with Crippen LogP contribution in [0.25, 0.3) is 0 Å². The molecular weight excluding hydrogens is 196 g/mol. The molecule has 0 amide bonds. The van der Waals surface area contributed by atoms with Crippen LogP contribution in [0, 0.1) is 0 Å². The van der Waals surface area contributed by atoms with Gasteiger partial charge in [0.15, 0.2) is 6.29 Å². The minimum atomic E-state index is -0.391. The summed E-state index contributed by atoms with van der Waals surface area (Å²) in [6, 6.07) is 7.52. The number of rotatable bonds is 3. The second-order valence-corrected chi connectivity index (χ2v) is 3.38. The highest BCUT2D eigenvalue weighted by atomic mass is 16.7.